The average molecular weight is 406 g/mol. The van der Waals surface area contributed by atoms with Gasteiger partial charge < -0.3 is 35.6 Å². The van der Waals surface area contributed by atoms with Crippen LogP contribution in [-0.2, 0) is 13.8 Å². The largest absolute Gasteiger partial charge is 0.471 e. The van der Waals surface area contributed by atoms with Crippen molar-refractivity contribution in [3.63, 3.8) is 0 Å². The Bertz CT molecular complexity index is 858. The van der Waals surface area contributed by atoms with Gasteiger partial charge >= 0.3 is 7.82 Å². The molecule has 8 N–H and O–H groups in total. The molecule has 2 aromatic heterocycles. The second-order valence-corrected chi connectivity index (χ2v) is 7.11. The number of imidazole rings is 1. The molecule has 3 rings (SSSR count). The lowest BCUT2D eigenvalue weighted by molar-refractivity contribution is -0.102. The molecule has 1 fully saturated rings. The average Bonchev–Trinajstić information content (AvgIpc) is 3.09. The molecule has 0 aromatic carbocycles. The highest BCUT2D eigenvalue weighted by Gasteiger charge is 2.49. The van der Waals surface area contributed by atoms with Gasteiger partial charge in [0.25, 0.3) is 0 Å². The fraction of sp³-hybridized carbons (Fsp3) is 0.583. The minimum absolute atomic E-state index is 0.0989. The van der Waals surface area contributed by atoms with E-state index >= 15 is 0 Å². The second-order valence-electron chi connectivity index (χ2n) is 5.91. The zero-order chi connectivity index (χ0) is 19.9. The van der Waals surface area contributed by atoms with Crippen molar-refractivity contribution in [3.05, 3.63) is 12.7 Å². The number of nitrogens with one attached hydrogen (secondary N) is 1. The van der Waals surface area contributed by atoms with Crippen LogP contribution in [0.5, 0.6) is 0 Å². The number of phosphoric ester groups is 1. The van der Waals surface area contributed by atoms with Crippen LogP contribution in [0.2, 0.25) is 0 Å². The van der Waals surface area contributed by atoms with E-state index < -0.39 is 44.8 Å². The van der Waals surface area contributed by atoms with Gasteiger partial charge in [0.15, 0.2) is 23.9 Å². The van der Waals surface area contributed by atoms with Crippen molar-refractivity contribution in [1.82, 2.24) is 24.8 Å². The van der Waals surface area contributed by atoms with Crippen molar-refractivity contribution in [2.24, 2.45) is 0 Å². The van der Waals surface area contributed by atoms with Crippen LogP contribution in [0.15, 0.2) is 12.7 Å². The number of nitrogens with zero attached hydrogens (tertiary/aromatic N) is 4. The quantitative estimate of drug-likeness (QED) is 0.193. The minimum Gasteiger partial charge on any atom is -0.387 e. The van der Waals surface area contributed by atoms with Crippen LogP contribution in [0, 0.1) is 0 Å². The Balaban J connectivity index is 1.91. The maximum atomic E-state index is 11.2. The highest BCUT2D eigenvalue weighted by atomic mass is 31.2. The Hall–Kier alpha value is -1.74. The number of fused-ring (bicyclic) bond motifs is 1. The molecule has 0 bridgehead atoms. The number of rotatable bonds is 6. The molecule has 1 saturated heterocycles. The van der Waals surface area contributed by atoms with Crippen molar-refractivity contribution in [1.29, 1.82) is 0 Å². The number of aliphatic hydroxyl groups is 3. The summed E-state index contributed by atoms with van der Waals surface area (Å²) in [5, 5.41) is 32.5. The molecule has 2 unspecified atom stereocenters. The molecular weight excluding hydrogens is 387 g/mol. The van der Waals surface area contributed by atoms with Crippen LogP contribution < -0.4 is 11.1 Å². The molecule has 0 spiro atoms. The summed E-state index contributed by atoms with van der Waals surface area (Å²) in [5.74, 6) is 0.0989. The summed E-state index contributed by atoms with van der Waals surface area (Å²) in [5.41, 5.74) is 6.17. The third-order valence-electron chi connectivity index (χ3n) is 3.89. The van der Waals surface area contributed by atoms with Crippen LogP contribution >= 0.6 is 7.82 Å². The van der Waals surface area contributed by atoms with Crippen molar-refractivity contribution < 1.29 is 38.9 Å². The molecule has 14 nitrogen and oxygen atoms in total. The first kappa shape index (κ1) is 20.0. The van der Waals surface area contributed by atoms with Crippen molar-refractivity contribution in [3.8, 4) is 0 Å². The van der Waals surface area contributed by atoms with E-state index in [2.05, 4.69) is 24.8 Å². The fourth-order valence-electron chi connectivity index (χ4n) is 2.79. The van der Waals surface area contributed by atoms with E-state index in [0.29, 0.717) is 0 Å². The first-order chi connectivity index (χ1) is 12.6. The lowest BCUT2D eigenvalue weighted by Gasteiger charge is -2.27. The summed E-state index contributed by atoms with van der Waals surface area (Å²) in [7, 11) is -5.00. The van der Waals surface area contributed by atoms with E-state index in [9.17, 15) is 19.9 Å². The molecule has 6 atom stereocenters. The van der Waals surface area contributed by atoms with Crippen LogP contribution in [0.1, 0.15) is 13.2 Å². The van der Waals surface area contributed by atoms with Gasteiger partial charge in [-0.15, -0.1) is 0 Å². The number of ether oxygens (including phenoxy) is 1. The molecule has 15 heteroatoms. The van der Waals surface area contributed by atoms with Gasteiger partial charge in [0.05, 0.1) is 6.33 Å². The number of aliphatic hydroxyl groups excluding tert-OH is 3. The Morgan fingerprint density at radius 3 is 2.67 bits per heavy atom. The topological polar surface area (TPSA) is 218 Å². The summed E-state index contributed by atoms with van der Waals surface area (Å²) >= 11 is 0. The third kappa shape index (κ3) is 4.08. The maximum Gasteiger partial charge on any atom is 0.471 e. The van der Waals surface area contributed by atoms with Gasteiger partial charge in [0, 0.05) is 0 Å². The molecule has 150 valence electrons. The van der Waals surface area contributed by atoms with Crippen molar-refractivity contribution >= 4 is 24.8 Å². The first-order valence-corrected chi connectivity index (χ1v) is 9.24. The smallest absolute Gasteiger partial charge is 0.387 e. The van der Waals surface area contributed by atoms with Gasteiger partial charge in [0.1, 0.15) is 36.4 Å². The number of phosphoric acid groups is 1. The van der Waals surface area contributed by atoms with Gasteiger partial charge in [-0.3, -0.25) is 14.4 Å². The molecule has 1 aliphatic rings. The molecular formula is C12H19N6O8P. The second kappa shape index (κ2) is 7.35. The summed E-state index contributed by atoms with van der Waals surface area (Å²) in [4.78, 5) is 29.9. The molecule has 0 aliphatic carbocycles. The summed E-state index contributed by atoms with van der Waals surface area (Å²) in [6.45, 7) is 1.27. The molecule has 0 amide bonds. The van der Waals surface area contributed by atoms with Crippen LogP contribution in [0.25, 0.3) is 11.2 Å². The lowest BCUT2D eigenvalue weighted by Crippen LogP contribution is -2.50. The lowest BCUT2D eigenvalue weighted by atomic mass is 10.1. The number of nitrogens with two attached hydrogens (primary N) is 1. The van der Waals surface area contributed by atoms with E-state index in [1.807, 2.05) is 0 Å². The van der Waals surface area contributed by atoms with Gasteiger partial charge in [-0.25, -0.2) is 19.5 Å². The molecule has 27 heavy (non-hydrogen) atoms. The van der Waals surface area contributed by atoms with Crippen molar-refractivity contribution in [2.75, 3.05) is 5.73 Å². The Kier molecular flexibility index (Phi) is 5.45. The summed E-state index contributed by atoms with van der Waals surface area (Å²) in [6.07, 6.45) is -6.24. The van der Waals surface area contributed by atoms with Crippen LogP contribution in [0.4, 0.5) is 5.82 Å². The van der Waals surface area contributed by atoms with E-state index in [0.717, 1.165) is 0 Å². The molecule has 0 saturated carbocycles. The zero-order valence-corrected chi connectivity index (χ0v) is 14.8. The SMILES string of the molecule is CC(O)NC(OP(=O)(O)O)[C@H]1O[C@@H](n2cnc3c(N)ncnc32)[C@H](O)[C@@H]1O. The monoisotopic (exact) mass is 406 g/mol. The van der Waals surface area contributed by atoms with E-state index in [4.69, 9.17) is 20.3 Å². The predicted octanol–water partition coefficient (Wildman–Crippen LogP) is -2.61. The van der Waals surface area contributed by atoms with E-state index in [1.165, 1.54) is 24.1 Å². The Morgan fingerprint density at radius 1 is 1.33 bits per heavy atom. The van der Waals surface area contributed by atoms with Gasteiger partial charge in [-0.05, 0) is 6.92 Å². The minimum atomic E-state index is -5.00. The Labute approximate surface area is 151 Å². The highest BCUT2D eigenvalue weighted by Crippen LogP contribution is 2.41. The fourth-order valence-corrected chi connectivity index (χ4v) is 3.27. The molecule has 0 radical (unpaired) electrons. The van der Waals surface area contributed by atoms with Gasteiger partial charge in [-0.2, -0.15) is 0 Å². The van der Waals surface area contributed by atoms with Crippen LogP contribution in [0.3, 0.4) is 0 Å². The van der Waals surface area contributed by atoms with Gasteiger partial charge in [0.2, 0.25) is 0 Å². The summed E-state index contributed by atoms with van der Waals surface area (Å²) in [6, 6.07) is 0. The van der Waals surface area contributed by atoms with Crippen molar-refractivity contribution in [2.45, 2.75) is 43.9 Å². The highest BCUT2D eigenvalue weighted by molar-refractivity contribution is 7.46. The predicted molar refractivity (Wildman–Crippen MR) is 87.4 cm³/mol. The number of aromatic nitrogens is 4. The number of hydrogen-bond donors (Lipinski definition) is 7. The summed E-state index contributed by atoms with van der Waals surface area (Å²) < 4.78 is 22.6. The molecule has 3 heterocycles. The normalized spacial score (nSPS) is 28.5. The third-order valence-corrected chi connectivity index (χ3v) is 4.39. The van der Waals surface area contributed by atoms with Gasteiger partial charge in [-0.1, -0.05) is 0 Å². The number of anilines is 1. The zero-order valence-electron chi connectivity index (χ0n) is 13.9. The Morgan fingerprint density at radius 2 is 2.04 bits per heavy atom. The molecule has 1 aliphatic heterocycles. The maximum absolute atomic E-state index is 11.2. The number of hydrogen-bond acceptors (Lipinski definition) is 11. The standard InChI is InChI=1S/C12H19N6O8P/c1-4(19)17-11(26-27(22,23)24)8-6(20)7(21)12(25-8)18-3-16-5-9(13)14-2-15-10(5)18/h2-4,6-8,11-12,17,19-21H,1H3,(H2,13,14,15)(H2,22,23,24)/t4?,6-,7+,8-,11?,12+/m0/s1. The first-order valence-electron chi connectivity index (χ1n) is 7.71. The van der Waals surface area contributed by atoms with Crippen LogP contribution in [-0.4, -0.2) is 75.4 Å². The number of nitrogen functional groups attached to an aromatic ring is 1. The molecule has 2 aromatic rings. The van der Waals surface area contributed by atoms with E-state index in [-0.39, 0.29) is 17.0 Å². The van der Waals surface area contributed by atoms with E-state index in [1.54, 1.807) is 0 Å².